The summed E-state index contributed by atoms with van der Waals surface area (Å²) in [7, 11) is 0. The molecule has 0 amide bonds. The molecule has 0 saturated heterocycles. The summed E-state index contributed by atoms with van der Waals surface area (Å²) in [6, 6.07) is 19.5. The van der Waals surface area contributed by atoms with Gasteiger partial charge in [0.1, 0.15) is 11.6 Å². The summed E-state index contributed by atoms with van der Waals surface area (Å²) in [4.78, 5) is 8.27. The van der Waals surface area contributed by atoms with Crippen LogP contribution >= 0.6 is 0 Å². The van der Waals surface area contributed by atoms with Gasteiger partial charge in [0.2, 0.25) is 0 Å². The van der Waals surface area contributed by atoms with E-state index in [1.54, 1.807) is 12.1 Å². The fraction of sp³-hybridized carbons (Fsp3) is 0.160. The molecule has 3 nitrogen and oxygen atoms in total. The summed E-state index contributed by atoms with van der Waals surface area (Å²) in [5.41, 5.74) is 5.63. The predicted molar refractivity (Wildman–Crippen MR) is 115 cm³/mol. The van der Waals surface area contributed by atoms with Crippen molar-refractivity contribution in [1.29, 1.82) is 0 Å². The Bertz CT molecular complexity index is 1240. The van der Waals surface area contributed by atoms with Crippen LogP contribution in [0.3, 0.4) is 0 Å². The highest BCUT2D eigenvalue weighted by molar-refractivity contribution is 5.88. The second-order valence-electron chi connectivity index (χ2n) is 7.38. The van der Waals surface area contributed by atoms with Crippen LogP contribution in [0.15, 0.2) is 66.7 Å². The monoisotopic (exact) mass is 384 g/mol. The molecule has 1 N–H and O–H groups in total. The number of aryl methyl sites for hydroxylation is 1. The molecule has 0 radical (unpaired) electrons. The summed E-state index contributed by atoms with van der Waals surface area (Å²) in [5, 5.41) is 1.48. The van der Waals surface area contributed by atoms with E-state index in [4.69, 9.17) is 9.72 Å². The van der Waals surface area contributed by atoms with E-state index < -0.39 is 0 Å². The largest absolute Gasteiger partial charge is 0.377 e. The molecular weight excluding hydrogens is 363 g/mol. The highest BCUT2D eigenvalue weighted by Gasteiger charge is 2.20. The number of aromatic amines is 1. The molecule has 0 spiro atoms. The van der Waals surface area contributed by atoms with E-state index in [2.05, 4.69) is 30.1 Å². The third-order valence-corrected chi connectivity index (χ3v) is 5.40. The van der Waals surface area contributed by atoms with Crippen molar-refractivity contribution in [3.8, 4) is 22.6 Å². The van der Waals surface area contributed by atoms with Gasteiger partial charge < -0.3 is 9.72 Å². The lowest BCUT2D eigenvalue weighted by atomic mass is 10.0. The minimum atomic E-state index is -0.250. The number of hydrogen-bond acceptors (Lipinski definition) is 2. The Morgan fingerprint density at radius 1 is 1.03 bits per heavy atom. The van der Waals surface area contributed by atoms with Gasteiger partial charge in [-0.3, -0.25) is 0 Å². The minimum absolute atomic E-state index is 0.250. The Balaban J connectivity index is 1.71. The zero-order chi connectivity index (χ0) is 19.8. The molecule has 0 fully saturated rings. The zero-order valence-corrected chi connectivity index (χ0v) is 16.2. The maximum atomic E-state index is 15.3. The van der Waals surface area contributed by atoms with Gasteiger partial charge in [0.05, 0.1) is 30.2 Å². The zero-order valence-electron chi connectivity index (χ0n) is 16.2. The molecule has 144 valence electrons. The van der Waals surface area contributed by atoms with Crippen LogP contribution in [0.4, 0.5) is 4.39 Å². The van der Waals surface area contributed by atoms with Gasteiger partial charge in [-0.05, 0) is 36.4 Å². The maximum absolute atomic E-state index is 15.3. The Morgan fingerprint density at radius 2 is 1.93 bits per heavy atom. The standard InChI is InChI=1S/C25H21FN2O/c1-16-5-4-7-19(15-16)24-23(18-11-13-29-14-12-18)27-25(28-24)21-10-9-17-6-2-3-8-20(17)22(21)26/h2-11,15H,12-14H2,1H3,(H,27,28). The number of benzene rings is 3. The first-order valence-corrected chi connectivity index (χ1v) is 9.82. The van der Waals surface area contributed by atoms with Crippen molar-refractivity contribution in [3.63, 3.8) is 0 Å². The fourth-order valence-electron chi connectivity index (χ4n) is 3.91. The molecular formula is C25H21FN2O. The molecule has 5 rings (SSSR count). The number of halogens is 1. The van der Waals surface area contributed by atoms with Crippen LogP contribution in [-0.4, -0.2) is 23.2 Å². The van der Waals surface area contributed by atoms with Gasteiger partial charge in [0.25, 0.3) is 0 Å². The molecule has 3 aromatic carbocycles. The second kappa shape index (κ2) is 7.30. The van der Waals surface area contributed by atoms with Gasteiger partial charge in [-0.15, -0.1) is 0 Å². The average Bonchev–Trinajstić information content (AvgIpc) is 3.20. The predicted octanol–water partition coefficient (Wildman–Crippen LogP) is 6.15. The minimum Gasteiger partial charge on any atom is -0.377 e. The molecule has 29 heavy (non-hydrogen) atoms. The quantitative estimate of drug-likeness (QED) is 0.460. The van der Waals surface area contributed by atoms with Crippen LogP contribution < -0.4 is 0 Å². The van der Waals surface area contributed by atoms with Gasteiger partial charge in [-0.25, -0.2) is 9.37 Å². The summed E-state index contributed by atoms with van der Waals surface area (Å²) >= 11 is 0. The Hall–Kier alpha value is -3.24. The van der Waals surface area contributed by atoms with Crippen LogP contribution in [0.5, 0.6) is 0 Å². The molecule has 1 aliphatic heterocycles. The van der Waals surface area contributed by atoms with Crippen LogP contribution in [-0.2, 0) is 4.74 Å². The number of aromatic nitrogens is 2. The van der Waals surface area contributed by atoms with E-state index in [9.17, 15) is 0 Å². The molecule has 2 heterocycles. The first-order chi connectivity index (χ1) is 14.2. The third-order valence-electron chi connectivity index (χ3n) is 5.40. The summed E-state index contributed by atoms with van der Waals surface area (Å²) in [5.74, 6) is 0.298. The molecule has 4 aromatic rings. The molecule has 0 atom stereocenters. The van der Waals surface area contributed by atoms with E-state index in [0.29, 0.717) is 30.0 Å². The van der Waals surface area contributed by atoms with Gasteiger partial charge in [-0.2, -0.15) is 0 Å². The molecule has 0 aliphatic carbocycles. The summed E-state index contributed by atoms with van der Waals surface area (Å²) in [6.45, 7) is 3.33. The van der Waals surface area contributed by atoms with Crippen molar-refractivity contribution in [2.24, 2.45) is 0 Å². The number of fused-ring (bicyclic) bond motifs is 1. The number of H-pyrrole nitrogens is 1. The molecule has 0 unspecified atom stereocenters. The van der Waals surface area contributed by atoms with Crippen LogP contribution in [0.1, 0.15) is 17.7 Å². The number of hydrogen-bond donors (Lipinski definition) is 1. The molecule has 1 aliphatic rings. The smallest absolute Gasteiger partial charge is 0.141 e. The lowest BCUT2D eigenvalue weighted by Gasteiger charge is -2.13. The van der Waals surface area contributed by atoms with Crippen LogP contribution in [0.25, 0.3) is 39.0 Å². The van der Waals surface area contributed by atoms with Crippen molar-refractivity contribution in [1.82, 2.24) is 9.97 Å². The lowest BCUT2D eigenvalue weighted by molar-refractivity contribution is 0.161. The first kappa shape index (κ1) is 17.8. The van der Waals surface area contributed by atoms with Gasteiger partial charge in [-0.1, -0.05) is 60.2 Å². The Morgan fingerprint density at radius 3 is 2.76 bits per heavy atom. The topological polar surface area (TPSA) is 37.9 Å². The maximum Gasteiger partial charge on any atom is 0.141 e. The van der Waals surface area contributed by atoms with E-state index in [1.807, 2.05) is 36.4 Å². The van der Waals surface area contributed by atoms with Gasteiger partial charge in [0.15, 0.2) is 0 Å². The fourth-order valence-corrected chi connectivity index (χ4v) is 3.91. The number of imidazole rings is 1. The van der Waals surface area contributed by atoms with Crippen LogP contribution in [0.2, 0.25) is 0 Å². The first-order valence-electron chi connectivity index (χ1n) is 9.82. The van der Waals surface area contributed by atoms with Crippen molar-refractivity contribution >= 4 is 16.3 Å². The number of rotatable bonds is 3. The van der Waals surface area contributed by atoms with Crippen molar-refractivity contribution in [2.45, 2.75) is 13.3 Å². The van der Waals surface area contributed by atoms with Gasteiger partial charge >= 0.3 is 0 Å². The lowest BCUT2D eigenvalue weighted by Crippen LogP contribution is -2.04. The molecule has 0 saturated carbocycles. The van der Waals surface area contributed by atoms with E-state index in [-0.39, 0.29) is 5.82 Å². The van der Waals surface area contributed by atoms with Crippen molar-refractivity contribution in [3.05, 3.63) is 83.8 Å². The normalized spacial score (nSPS) is 14.2. The van der Waals surface area contributed by atoms with E-state index >= 15 is 4.39 Å². The Kier molecular flexibility index (Phi) is 4.49. The highest BCUT2D eigenvalue weighted by atomic mass is 19.1. The number of ether oxygens (including phenoxy) is 1. The molecule has 1 aromatic heterocycles. The molecule has 4 heteroatoms. The average molecular weight is 384 g/mol. The van der Waals surface area contributed by atoms with Crippen molar-refractivity contribution < 1.29 is 9.13 Å². The van der Waals surface area contributed by atoms with Gasteiger partial charge in [0, 0.05) is 10.9 Å². The summed E-state index contributed by atoms with van der Waals surface area (Å²) in [6.07, 6.45) is 2.89. The van der Waals surface area contributed by atoms with E-state index in [0.717, 1.165) is 39.9 Å². The van der Waals surface area contributed by atoms with E-state index in [1.165, 1.54) is 0 Å². The van der Waals surface area contributed by atoms with Crippen LogP contribution in [0, 0.1) is 12.7 Å². The summed E-state index contributed by atoms with van der Waals surface area (Å²) < 4.78 is 20.8. The highest BCUT2D eigenvalue weighted by Crippen LogP contribution is 2.35. The SMILES string of the molecule is Cc1cccc(-c2nc(-c3ccc4ccccc4c3F)[nH]c2C2=CCOCC2)c1. The molecule has 0 bridgehead atoms. The number of nitrogens with one attached hydrogen (secondary N) is 1. The number of nitrogens with zero attached hydrogens (tertiary/aromatic N) is 1. The second-order valence-corrected chi connectivity index (χ2v) is 7.38. The Labute approximate surface area is 168 Å². The van der Waals surface area contributed by atoms with Crippen molar-refractivity contribution in [2.75, 3.05) is 13.2 Å². The third kappa shape index (κ3) is 3.26.